The lowest BCUT2D eigenvalue weighted by molar-refractivity contribution is -0.131. The van der Waals surface area contributed by atoms with Crippen molar-refractivity contribution in [2.45, 2.75) is 32.4 Å². The van der Waals surface area contributed by atoms with Crippen molar-refractivity contribution in [1.29, 1.82) is 0 Å². The summed E-state index contributed by atoms with van der Waals surface area (Å²) >= 11 is 0. The van der Waals surface area contributed by atoms with Gasteiger partial charge in [0.1, 0.15) is 12.4 Å². The Kier molecular flexibility index (Phi) is 5.60. The molecule has 6 nitrogen and oxygen atoms in total. The van der Waals surface area contributed by atoms with Crippen LogP contribution in [0.5, 0.6) is 0 Å². The highest BCUT2D eigenvalue weighted by atomic mass is 16.2. The van der Waals surface area contributed by atoms with Gasteiger partial charge in [-0.1, -0.05) is 42.5 Å². The Bertz CT molecular complexity index is 1010. The molecule has 1 aliphatic carbocycles. The smallest absolute Gasteiger partial charge is 0.242 e. The lowest BCUT2D eigenvalue weighted by atomic mass is 10.2. The quantitative estimate of drug-likeness (QED) is 0.643. The van der Waals surface area contributed by atoms with E-state index in [-0.39, 0.29) is 24.3 Å². The van der Waals surface area contributed by atoms with Crippen LogP contribution in [0, 0.1) is 5.92 Å². The Hall–Kier alpha value is -3.15. The monoisotopic (exact) mass is 390 g/mol. The van der Waals surface area contributed by atoms with Gasteiger partial charge in [0.2, 0.25) is 11.8 Å². The summed E-state index contributed by atoms with van der Waals surface area (Å²) in [6, 6.07) is 17.8. The number of amides is 2. The number of carbonyl (C=O) groups excluding carboxylic acids is 2. The molecular weight excluding hydrogens is 364 g/mol. The van der Waals surface area contributed by atoms with E-state index in [0.29, 0.717) is 19.5 Å². The van der Waals surface area contributed by atoms with Gasteiger partial charge in [-0.2, -0.15) is 0 Å². The van der Waals surface area contributed by atoms with E-state index in [1.54, 1.807) is 4.90 Å². The van der Waals surface area contributed by atoms with Crippen molar-refractivity contribution in [3.63, 3.8) is 0 Å². The zero-order chi connectivity index (χ0) is 20.2. The van der Waals surface area contributed by atoms with Gasteiger partial charge in [-0.05, 0) is 30.5 Å². The summed E-state index contributed by atoms with van der Waals surface area (Å²) in [6.07, 6.45) is 2.59. The van der Waals surface area contributed by atoms with E-state index >= 15 is 0 Å². The van der Waals surface area contributed by atoms with Gasteiger partial charge in [0.15, 0.2) is 0 Å². The molecule has 0 atom stereocenters. The van der Waals surface area contributed by atoms with Crippen molar-refractivity contribution in [3.05, 3.63) is 66.0 Å². The highest BCUT2D eigenvalue weighted by molar-refractivity contribution is 5.82. The molecule has 29 heavy (non-hydrogen) atoms. The maximum atomic E-state index is 12.9. The van der Waals surface area contributed by atoms with Crippen LogP contribution in [0.1, 0.15) is 24.2 Å². The minimum Gasteiger partial charge on any atom is -0.355 e. The van der Waals surface area contributed by atoms with Crippen LogP contribution in [-0.2, 0) is 29.1 Å². The zero-order valence-corrected chi connectivity index (χ0v) is 16.7. The lowest BCUT2D eigenvalue weighted by Gasteiger charge is -2.19. The van der Waals surface area contributed by atoms with Gasteiger partial charge in [-0.15, -0.1) is 0 Å². The highest BCUT2D eigenvalue weighted by Crippen LogP contribution is 2.28. The number of rotatable bonds is 8. The summed E-state index contributed by atoms with van der Waals surface area (Å²) < 4.78 is 1.97. The molecule has 1 heterocycles. The van der Waals surface area contributed by atoms with E-state index in [2.05, 4.69) is 5.32 Å². The third kappa shape index (κ3) is 4.65. The van der Waals surface area contributed by atoms with Crippen LogP contribution in [0.2, 0.25) is 0 Å². The van der Waals surface area contributed by atoms with Crippen LogP contribution < -0.4 is 5.32 Å². The molecule has 6 heteroatoms. The van der Waals surface area contributed by atoms with E-state index < -0.39 is 0 Å². The first kappa shape index (κ1) is 19.2. The number of nitrogens with one attached hydrogen (secondary N) is 1. The number of hydrogen-bond donors (Lipinski definition) is 1. The van der Waals surface area contributed by atoms with Gasteiger partial charge in [0.05, 0.1) is 11.0 Å². The average molecular weight is 390 g/mol. The topological polar surface area (TPSA) is 67.2 Å². The van der Waals surface area contributed by atoms with E-state index in [1.165, 1.54) is 0 Å². The largest absolute Gasteiger partial charge is 0.355 e. The van der Waals surface area contributed by atoms with Crippen molar-refractivity contribution < 1.29 is 9.59 Å². The third-order valence-electron chi connectivity index (χ3n) is 5.31. The van der Waals surface area contributed by atoms with Gasteiger partial charge in [0, 0.05) is 32.5 Å². The Balaban J connectivity index is 1.47. The summed E-state index contributed by atoms with van der Waals surface area (Å²) in [4.78, 5) is 31.2. The Morgan fingerprint density at radius 3 is 2.59 bits per heavy atom. The predicted molar refractivity (Wildman–Crippen MR) is 112 cm³/mol. The summed E-state index contributed by atoms with van der Waals surface area (Å²) in [5, 5.41) is 2.99. The standard InChI is InChI=1S/C23H26N4O2/c1-26(15-17-7-3-2-4-8-17)22(28)16-27-20-10-6-5-9-19(20)25-21(27)13-14-24-23(29)18-11-12-18/h2-10,18H,11-16H2,1H3,(H,24,29). The Morgan fingerprint density at radius 2 is 1.83 bits per heavy atom. The fourth-order valence-electron chi connectivity index (χ4n) is 3.48. The molecule has 3 aromatic rings. The predicted octanol–water partition coefficient (Wildman–Crippen LogP) is 2.76. The first-order valence-corrected chi connectivity index (χ1v) is 10.1. The van der Waals surface area contributed by atoms with Crippen LogP contribution >= 0.6 is 0 Å². The molecule has 0 spiro atoms. The molecule has 1 fully saturated rings. The number of benzene rings is 2. The maximum Gasteiger partial charge on any atom is 0.242 e. The number of likely N-dealkylation sites (N-methyl/N-ethyl adjacent to an activating group) is 1. The molecule has 0 bridgehead atoms. The fraction of sp³-hybridized carbons (Fsp3) is 0.348. The second kappa shape index (κ2) is 8.47. The van der Waals surface area contributed by atoms with Crippen molar-refractivity contribution in [1.82, 2.24) is 19.8 Å². The molecular formula is C23H26N4O2. The van der Waals surface area contributed by atoms with E-state index in [1.807, 2.05) is 66.2 Å². The molecule has 0 unspecified atom stereocenters. The Labute approximate surface area is 170 Å². The van der Waals surface area contributed by atoms with Crippen molar-refractivity contribution in [3.8, 4) is 0 Å². The first-order chi connectivity index (χ1) is 14.1. The Morgan fingerprint density at radius 1 is 1.10 bits per heavy atom. The zero-order valence-electron chi connectivity index (χ0n) is 16.7. The van der Waals surface area contributed by atoms with Crippen LogP contribution in [-0.4, -0.2) is 39.9 Å². The average Bonchev–Trinajstić information content (AvgIpc) is 3.53. The SMILES string of the molecule is CN(Cc1ccccc1)C(=O)Cn1c(CCNC(=O)C2CC2)nc2ccccc21. The number of para-hydroxylation sites is 2. The van der Waals surface area contributed by atoms with E-state index in [0.717, 1.165) is 35.3 Å². The van der Waals surface area contributed by atoms with Gasteiger partial charge in [0.25, 0.3) is 0 Å². The van der Waals surface area contributed by atoms with Crippen LogP contribution in [0.25, 0.3) is 11.0 Å². The van der Waals surface area contributed by atoms with Crippen LogP contribution in [0.15, 0.2) is 54.6 Å². The normalized spacial score (nSPS) is 13.4. The van der Waals surface area contributed by atoms with Gasteiger partial charge < -0.3 is 14.8 Å². The maximum absolute atomic E-state index is 12.9. The van der Waals surface area contributed by atoms with E-state index in [4.69, 9.17) is 4.98 Å². The second-order valence-electron chi connectivity index (χ2n) is 7.65. The lowest BCUT2D eigenvalue weighted by Crippen LogP contribution is -2.31. The molecule has 1 N–H and O–H groups in total. The molecule has 150 valence electrons. The van der Waals surface area contributed by atoms with E-state index in [9.17, 15) is 9.59 Å². The van der Waals surface area contributed by atoms with Gasteiger partial charge >= 0.3 is 0 Å². The van der Waals surface area contributed by atoms with Crippen molar-refractivity contribution in [2.24, 2.45) is 5.92 Å². The number of imidazole rings is 1. The molecule has 4 rings (SSSR count). The van der Waals surface area contributed by atoms with Gasteiger partial charge in [-0.25, -0.2) is 4.98 Å². The highest BCUT2D eigenvalue weighted by Gasteiger charge is 2.29. The van der Waals surface area contributed by atoms with Crippen molar-refractivity contribution in [2.75, 3.05) is 13.6 Å². The first-order valence-electron chi connectivity index (χ1n) is 10.1. The number of nitrogens with zero attached hydrogens (tertiary/aromatic N) is 3. The molecule has 2 amide bonds. The molecule has 1 aromatic heterocycles. The number of carbonyl (C=O) groups is 2. The summed E-state index contributed by atoms with van der Waals surface area (Å²) in [6.45, 7) is 1.33. The minimum absolute atomic E-state index is 0.0280. The molecule has 0 aliphatic heterocycles. The summed E-state index contributed by atoms with van der Waals surface area (Å²) in [5.41, 5.74) is 2.91. The van der Waals surface area contributed by atoms with Gasteiger partial charge in [-0.3, -0.25) is 9.59 Å². The molecule has 1 aliphatic rings. The minimum atomic E-state index is 0.0280. The van der Waals surface area contributed by atoms with Crippen molar-refractivity contribution >= 4 is 22.8 Å². The second-order valence-corrected chi connectivity index (χ2v) is 7.65. The fourth-order valence-corrected chi connectivity index (χ4v) is 3.48. The van der Waals surface area contributed by atoms with Crippen LogP contribution in [0.3, 0.4) is 0 Å². The molecule has 2 aromatic carbocycles. The molecule has 0 saturated heterocycles. The molecule has 1 saturated carbocycles. The van der Waals surface area contributed by atoms with Crippen LogP contribution in [0.4, 0.5) is 0 Å². The summed E-state index contributed by atoms with van der Waals surface area (Å²) in [5.74, 6) is 1.18. The molecule has 0 radical (unpaired) electrons. The summed E-state index contributed by atoms with van der Waals surface area (Å²) in [7, 11) is 1.82. The number of hydrogen-bond acceptors (Lipinski definition) is 3. The number of aromatic nitrogens is 2. The number of fused-ring (bicyclic) bond motifs is 1. The third-order valence-corrected chi connectivity index (χ3v) is 5.31.